The number of carbonyl (C=O) groups is 1. The number of benzene rings is 2. The molecule has 5 atom stereocenters. The molecule has 6 nitrogen and oxygen atoms in total. The fourth-order valence-corrected chi connectivity index (χ4v) is 7.20. The molecule has 1 saturated heterocycles. The summed E-state index contributed by atoms with van der Waals surface area (Å²) in [5.41, 5.74) is 4.75. The zero-order chi connectivity index (χ0) is 33.5. The lowest BCUT2D eigenvalue weighted by molar-refractivity contribution is -0.148. The number of hydrogen-bond donors (Lipinski definition) is 0. The van der Waals surface area contributed by atoms with Crippen LogP contribution >= 0.6 is 0 Å². The molecule has 46 heavy (non-hydrogen) atoms. The van der Waals surface area contributed by atoms with E-state index in [9.17, 15) is 4.79 Å². The summed E-state index contributed by atoms with van der Waals surface area (Å²) in [6.45, 7) is 18.2. The normalized spacial score (nSPS) is 23.8. The Morgan fingerprint density at radius 2 is 1.83 bits per heavy atom. The molecule has 252 valence electrons. The first-order chi connectivity index (χ1) is 21.7. The molecule has 1 saturated carbocycles. The van der Waals surface area contributed by atoms with Gasteiger partial charge in [0, 0.05) is 19.9 Å². The smallest absolute Gasteiger partial charge is 0.338 e. The molecule has 2 fully saturated rings. The van der Waals surface area contributed by atoms with Crippen molar-refractivity contribution in [2.75, 3.05) is 13.7 Å². The maximum atomic E-state index is 13.2. The summed E-state index contributed by atoms with van der Waals surface area (Å²) in [5.74, 6) is 0.515. The van der Waals surface area contributed by atoms with Crippen LogP contribution < -0.4 is 4.74 Å². The number of ether oxygens (including phenoxy) is 5. The van der Waals surface area contributed by atoms with Crippen molar-refractivity contribution in [3.05, 3.63) is 82.4 Å². The second-order valence-corrected chi connectivity index (χ2v) is 20.4. The Balaban J connectivity index is 1.38. The van der Waals surface area contributed by atoms with Gasteiger partial charge in [0.2, 0.25) is 0 Å². The fraction of sp³-hybridized carbons (Fsp3) is 0.564. The summed E-state index contributed by atoms with van der Waals surface area (Å²) in [7, 11) is 0.390. The van der Waals surface area contributed by atoms with Crippen LogP contribution in [0.2, 0.25) is 25.7 Å². The van der Waals surface area contributed by atoms with Gasteiger partial charge in [-0.2, -0.15) is 0 Å². The van der Waals surface area contributed by atoms with Crippen LogP contribution in [0.3, 0.4) is 0 Å². The lowest BCUT2D eigenvalue weighted by atomic mass is 9.94. The van der Waals surface area contributed by atoms with E-state index < -0.39 is 13.9 Å². The second kappa shape index (κ2) is 15.9. The maximum absolute atomic E-state index is 13.2. The van der Waals surface area contributed by atoms with Gasteiger partial charge in [-0.1, -0.05) is 87.1 Å². The lowest BCUT2D eigenvalue weighted by Crippen LogP contribution is -2.28. The summed E-state index contributed by atoms with van der Waals surface area (Å²) in [6, 6.07) is 13.2. The minimum Gasteiger partial charge on any atom is -0.497 e. The van der Waals surface area contributed by atoms with Gasteiger partial charge in [-0.25, -0.2) is 4.79 Å². The van der Waals surface area contributed by atoms with Crippen LogP contribution in [0.15, 0.2) is 54.6 Å². The molecule has 1 aliphatic heterocycles. The predicted molar refractivity (Wildman–Crippen MR) is 189 cm³/mol. The largest absolute Gasteiger partial charge is 0.497 e. The molecule has 0 N–H and O–H groups in total. The standard InChI is InChI=1S/C39H56O6Si/c1-27-24-29(3)36(38(40)42-22-23-46(7,8)9)32(25-27)13-11-15-35-37(45-39(4,5)44-35)28(2)16-19-31-12-10-14-34(31)43-26-30-17-20-33(41-6)21-18-30/h11,13,16-21,24-25,28,31,34-35,37H,10,12,14-15,22-23,26H2,1-9H3/b13-11+,19-16-/t28?,31-,34+,35?,37?/m1/s1. The third-order valence-electron chi connectivity index (χ3n) is 8.99. The quantitative estimate of drug-likeness (QED) is 0.116. The molecule has 0 spiro atoms. The topological polar surface area (TPSA) is 63.2 Å². The molecule has 0 bridgehead atoms. The first-order valence-corrected chi connectivity index (χ1v) is 20.7. The predicted octanol–water partition coefficient (Wildman–Crippen LogP) is 9.31. The van der Waals surface area contributed by atoms with Crippen molar-refractivity contribution in [3.8, 4) is 5.75 Å². The zero-order valence-corrected chi connectivity index (χ0v) is 30.6. The molecular formula is C39H56O6Si. The van der Waals surface area contributed by atoms with Crippen LogP contribution in [0.1, 0.15) is 79.1 Å². The van der Waals surface area contributed by atoms with E-state index in [1.807, 2.05) is 45.0 Å². The molecule has 1 aliphatic carbocycles. The van der Waals surface area contributed by atoms with Gasteiger partial charge in [0.05, 0.1) is 44.2 Å². The van der Waals surface area contributed by atoms with Crippen LogP contribution in [0.5, 0.6) is 5.75 Å². The van der Waals surface area contributed by atoms with E-state index in [2.05, 4.69) is 69.9 Å². The molecule has 3 unspecified atom stereocenters. The highest BCUT2D eigenvalue weighted by molar-refractivity contribution is 6.76. The van der Waals surface area contributed by atoms with E-state index in [0.29, 0.717) is 31.1 Å². The number of carbonyl (C=O) groups excluding carboxylic acids is 1. The highest BCUT2D eigenvalue weighted by Crippen LogP contribution is 2.36. The van der Waals surface area contributed by atoms with E-state index >= 15 is 0 Å². The summed E-state index contributed by atoms with van der Waals surface area (Å²) in [4.78, 5) is 13.2. The van der Waals surface area contributed by atoms with Crippen molar-refractivity contribution in [3.63, 3.8) is 0 Å². The van der Waals surface area contributed by atoms with Crippen LogP contribution in [0.4, 0.5) is 0 Å². The summed E-state index contributed by atoms with van der Waals surface area (Å²) >= 11 is 0. The third kappa shape index (κ3) is 10.4. The Bertz CT molecular complexity index is 1360. The van der Waals surface area contributed by atoms with Gasteiger partial charge in [-0.3, -0.25) is 0 Å². The maximum Gasteiger partial charge on any atom is 0.338 e. The Hall–Kier alpha value is -2.71. The highest BCUT2D eigenvalue weighted by Gasteiger charge is 2.42. The summed E-state index contributed by atoms with van der Waals surface area (Å²) < 4.78 is 30.2. The number of aryl methyl sites for hydroxylation is 2. The van der Waals surface area contributed by atoms with Crippen molar-refractivity contribution in [2.45, 2.75) is 117 Å². The number of methoxy groups -OCH3 is 1. The first kappa shape index (κ1) is 36.1. The van der Waals surface area contributed by atoms with Crippen molar-refractivity contribution in [1.29, 1.82) is 0 Å². The fourth-order valence-electron chi connectivity index (χ4n) is 6.49. The minimum absolute atomic E-state index is 0.0822. The van der Waals surface area contributed by atoms with Crippen molar-refractivity contribution in [2.24, 2.45) is 11.8 Å². The van der Waals surface area contributed by atoms with E-state index in [-0.39, 0.29) is 30.2 Å². The van der Waals surface area contributed by atoms with E-state index in [0.717, 1.165) is 46.9 Å². The monoisotopic (exact) mass is 648 g/mol. The van der Waals surface area contributed by atoms with Gasteiger partial charge >= 0.3 is 5.97 Å². The van der Waals surface area contributed by atoms with Crippen molar-refractivity contribution >= 4 is 20.1 Å². The molecule has 0 amide bonds. The molecule has 0 radical (unpaired) electrons. The van der Waals surface area contributed by atoms with Crippen LogP contribution in [0, 0.1) is 25.7 Å². The SMILES string of the molecule is COc1ccc(CO[C@H]2CCC[C@@H]2/C=C\C(C)C2OC(C)(C)OC2C/C=C/c2cc(C)cc(C)c2C(=O)OCC[Si](C)(C)C)cc1. The number of rotatable bonds is 14. The number of hydrogen-bond acceptors (Lipinski definition) is 6. The average molecular weight is 649 g/mol. The van der Waals surface area contributed by atoms with Crippen LogP contribution in [-0.2, 0) is 25.6 Å². The molecule has 0 aromatic heterocycles. The average Bonchev–Trinajstić information content (AvgIpc) is 3.56. The summed E-state index contributed by atoms with van der Waals surface area (Å²) in [6.07, 6.45) is 12.9. The van der Waals surface area contributed by atoms with Gasteiger partial charge in [0.25, 0.3) is 0 Å². The van der Waals surface area contributed by atoms with Gasteiger partial charge in [-0.15, -0.1) is 0 Å². The second-order valence-electron chi connectivity index (χ2n) is 14.8. The summed E-state index contributed by atoms with van der Waals surface area (Å²) in [5, 5.41) is 0. The van der Waals surface area contributed by atoms with Crippen molar-refractivity contribution in [1.82, 2.24) is 0 Å². The van der Waals surface area contributed by atoms with Gasteiger partial charge in [0.1, 0.15) is 5.75 Å². The van der Waals surface area contributed by atoms with Gasteiger partial charge < -0.3 is 23.7 Å². The Morgan fingerprint density at radius 3 is 2.52 bits per heavy atom. The number of esters is 1. The molecular weight excluding hydrogens is 593 g/mol. The minimum atomic E-state index is -1.29. The van der Waals surface area contributed by atoms with E-state index in [4.69, 9.17) is 23.7 Å². The third-order valence-corrected chi connectivity index (χ3v) is 10.7. The van der Waals surface area contributed by atoms with Crippen LogP contribution in [-0.4, -0.2) is 51.9 Å². The van der Waals surface area contributed by atoms with Crippen LogP contribution in [0.25, 0.3) is 6.08 Å². The highest BCUT2D eigenvalue weighted by atomic mass is 28.3. The molecule has 2 aromatic rings. The molecule has 7 heteroatoms. The first-order valence-electron chi connectivity index (χ1n) is 17.0. The Morgan fingerprint density at radius 1 is 1.09 bits per heavy atom. The Kier molecular flexibility index (Phi) is 12.5. The molecule has 4 rings (SSSR count). The van der Waals surface area contributed by atoms with Gasteiger partial charge in [0.15, 0.2) is 5.79 Å². The molecule has 2 aliphatic rings. The lowest BCUT2D eigenvalue weighted by Gasteiger charge is -2.22. The zero-order valence-electron chi connectivity index (χ0n) is 29.6. The molecule has 1 heterocycles. The Labute approximate surface area is 278 Å². The molecule has 2 aromatic carbocycles. The van der Waals surface area contributed by atoms with E-state index in [1.165, 1.54) is 6.42 Å². The van der Waals surface area contributed by atoms with Gasteiger partial charge in [-0.05, 0) is 81.8 Å². The van der Waals surface area contributed by atoms with Crippen molar-refractivity contribution < 1.29 is 28.5 Å². The van der Waals surface area contributed by atoms with E-state index in [1.54, 1.807) is 7.11 Å².